The van der Waals surface area contributed by atoms with Gasteiger partial charge in [-0.3, -0.25) is 4.79 Å². The number of benzene rings is 3. The van der Waals surface area contributed by atoms with Gasteiger partial charge in [-0.05, 0) is 66.3 Å². The van der Waals surface area contributed by atoms with Crippen molar-refractivity contribution in [1.82, 2.24) is 4.90 Å². The van der Waals surface area contributed by atoms with Gasteiger partial charge < -0.3 is 29.1 Å². The van der Waals surface area contributed by atoms with E-state index in [-0.39, 0.29) is 38.3 Å². The number of ether oxygens (including phenoxy) is 3. The first kappa shape index (κ1) is 30.1. The molecule has 1 aliphatic heterocycles. The molecule has 1 aliphatic carbocycles. The lowest BCUT2D eigenvalue weighted by Gasteiger charge is -2.36. The fourth-order valence-corrected chi connectivity index (χ4v) is 5.74. The lowest BCUT2D eigenvalue weighted by atomic mass is 9.98. The SMILES string of the molecule is CC(C)(C)OC(=O)COCc1cc(CC(=O)O)cc(N2CCN(C(=O)OCC3c4ccccc4-c4ccccc43)CC2)c1. The highest BCUT2D eigenvalue weighted by molar-refractivity contribution is 5.79. The molecule has 9 heteroatoms. The van der Waals surface area contributed by atoms with E-state index in [1.807, 2.05) is 36.4 Å². The zero-order valence-electron chi connectivity index (χ0n) is 24.9. The lowest BCUT2D eigenvalue weighted by Crippen LogP contribution is -2.49. The molecule has 0 bridgehead atoms. The number of nitrogens with zero attached hydrogens (tertiary/aromatic N) is 2. The third kappa shape index (κ3) is 7.53. The van der Waals surface area contributed by atoms with Gasteiger partial charge in [0.25, 0.3) is 0 Å². The molecule has 1 heterocycles. The van der Waals surface area contributed by atoms with Gasteiger partial charge in [0.05, 0.1) is 13.0 Å². The Balaban J connectivity index is 1.18. The number of rotatable bonds is 9. The standard InChI is InChI=1S/C34H38N2O7/c1-34(2,3)43-32(39)22-41-20-24-16-23(19-31(37)38)17-25(18-24)35-12-14-36(15-13-35)33(40)42-21-30-28-10-6-4-8-26(28)27-9-5-7-11-29(27)30/h4-11,16-18,30H,12-15,19-22H2,1-3H3,(H,37,38). The number of carbonyl (C=O) groups is 3. The second kappa shape index (κ2) is 12.9. The molecule has 3 aromatic rings. The zero-order chi connectivity index (χ0) is 30.6. The molecule has 9 nitrogen and oxygen atoms in total. The molecule has 0 saturated carbocycles. The number of aliphatic carboxylic acids is 1. The van der Waals surface area contributed by atoms with Gasteiger partial charge in [0, 0.05) is 37.8 Å². The maximum absolute atomic E-state index is 13.1. The van der Waals surface area contributed by atoms with E-state index in [4.69, 9.17) is 14.2 Å². The number of fused-ring (bicyclic) bond motifs is 3. The van der Waals surface area contributed by atoms with Crippen molar-refractivity contribution < 1.29 is 33.7 Å². The van der Waals surface area contributed by atoms with Gasteiger partial charge in [0.15, 0.2) is 0 Å². The van der Waals surface area contributed by atoms with Crippen molar-refractivity contribution >= 4 is 23.7 Å². The van der Waals surface area contributed by atoms with Gasteiger partial charge in [-0.15, -0.1) is 0 Å². The van der Waals surface area contributed by atoms with Crippen LogP contribution in [0.5, 0.6) is 0 Å². The first-order chi connectivity index (χ1) is 20.6. The van der Waals surface area contributed by atoms with E-state index in [1.54, 1.807) is 31.7 Å². The van der Waals surface area contributed by atoms with Crippen LogP contribution < -0.4 is 4.90 Å². The van der Waals surface area contributed by atoms with Gasteiger partial charge >= 0.3 is 18.0 Å². The number of carboxylic acids is 1. The van der Waals surface area contributed by atoms with E-state index in [9.17, 15) is 19.5 Å². The molecule has 0 unspecified atom stereocenters. The van der Waals surface area contributed by atoms with Gasteiger partial charge in [-0.25, -0.2) is 9.59 Å². The summed E-state index contributed by atoms with van der Waals surface area (Å²) in [6.07, 6.45) is -0.468. The summed E-state index contributed by atoms with van der Waals surface area (Å²) in [7, 11) is 0. The quantitative estimate of drug-likeness (QED) is 0.340. The molecule has 0 aromatic heterocycles. The van der Waals surface area contributed by atoms with Crippen LogP contribution in [0.3, 0.4) is 0 Å². The fourth-order valence-electron chi connectivity index (χ4n) is 5.74. The Kier molecular flexibility index (Phi) is 9.01. The Morgan fingerprint density at radius 2 is 1.47 bits per heavy atom. The van der Waals surface area contributed by atoms with Crippen molar-refractivity contribution in [2.45, 2.75) is 45.3 Å². The Morgan fingerprint density at radius 1 is 0.860 bits per heavy atom. The highest BCUT2D eigenvalue weighted by atomic mass is 16.6. The fraction of sp³-hybridized carbons (Fsp3) is 0.382. The summed E-state index contributed by atoms with van der Waals surface area (Å²) in [5, 5.41) is 9.39. The smallest absolute Gasteiger partial charge is 0.409 e. The van der Waals surface area contributed by atoms with Crippen LogP contribution in [0, 0.1) is 0 Å². The number of hydrogen-bond donors (Lipinski definition) is 1. The first-order valence-corrected chi connectivity index (χ1v) is 14.6. The number of amides is 1. The molecule has 0 spiro atoms. The Labute approximate surface area is 252 Å². The van der Waals surface area contributed by atoms with E-state index in [1.165, 1.54) is 22.3 Å². The molecule has 0 radical (unpaired) electrons. The maximum Gasteiger partial charge on any atom is 0.409 e. The second-order valence-corrected chi connectivity index (χ2v) is 11.9. The number of piperazine rings is 1. The summed E-state index contributed by atoms with van der Waals surface area (Å²) >= 11 is 0. The first-order valence-electron chi connectivity index (χ1n) is 14.6. The Hall–Kier alpha value is -4.37. The van der Waals surface area contributed by atoms with Crippen LogP contribution >= 0.6 is 0 Å². The van der Waals surface area contributed by atoms with Crippen LogP contribution in [0.25, 0.3) is 11.1 Å². The highest BCUT2D eigenvalue weighted by Gasteiger charge is 2.30. The second-order valence-electron chi connectivity index (χ2n) is 11.9. The van der Waals surface area contributed by atoms with Gasteiger partial charge in [0.1, 0.15) is 18.8 Å². The number of anilines is 1. The molecule has 0 atom stereocenters. The van der Waals surface area contributed by atoms with E-state index in [2.05, 4.69) is 29.2 Å². The van der Waals surface area contributed by atoms with E-state index < -0.39 is 17.5 Å². The molecule has 1 amide bonds. The van der Waals surface area contributed by atoms with Crippen LogP contribution in [-0.2, 0) is 36.8 Å². The molecule has 1 saturated heterocycles. The number of carboxylic acid groups (broad SMARTS) is 1. The van der Waals surface area contributed by atoms with Crippen LogP contribution in [-0.4, -0.2) is 73.0 Å². The Bertz CT molecular complexity index is 1440. The van der Waals surface area contributed by atoms with Crippen LogP contribution in [0.15, 0.2) is 66.7 Å². The van der Waals surface area contributed by atoms with Crippen molar-refractivity contribution in [3.05, 3.63) is 89.0 Å². The predicted octanol–water partition coefficient (Wildman–Crippen LogP) is 5.24. The molecule has 43 heavy (non-hydrogen) atoms. The summed E-state index contributed by atoms with van der Waals surface area (Å²) < 4.78 is 16.7. The maximum atomic E-state index is 13.1. The lowest BCUT2D eigenvalue weighted by molar-refractivity contribution is -0.160. The average Bonchev–Trinajstić information content (AvgIpc) is 3.28. The molecule has 1 N–H and O–H groups in total. The minimum absolute atomic E-state index is 0.00516. The highest BCUT2D eigenvalue weighted by Crippen LogP contribution is 2.44. The van der Waals surface area contributed by atoms with Crippen LogP contribution in [0.4, 0.5) is 10.5 Å². The third-order valence-electron chi connectivity index (χ3n) is 7.54. The topological polar surface area (TPSA) is 106 Å². The van der Waals surface area contributed by atoms with Crippen molar-refractivity contribution in [3.8, 4) is 11.1 Å². The normalized spacial score (nSPS) is 14.7. The molecule has 1 fully saturated rings. The van der Waals surface area contributed by atoms with Gasteiger partial charge in [-0.2, -0.15) is 0 Å². The van der Waals surface area contributed by atoms with Gasteiger partial charge in [0.2, 0.25) is 0 Å². The molecule has 3 aromatic carbocycles. The monoisotopic (exact) mass is 586 g/mol. The Morgan fingerprint density at radius 3 is 2.07 bits per heavy atom. The summed E-state index contributed by atoms with van der Waals surface area (Å²) in [6.45, 7) is 7.68. The summed E-state index contributed by atoms with van der Waals surface area (Å²) in [5.41, 5.74) is 6.37. The van der Waals surface area contributed by atoms with E-state index >= 15 is 0 Å². The van der Waals surface area contributed by atoms with Crippen molar-refractivity contribution in [1.29, 1.82) is 0 Å². The van der Waals surface area contributed by atoms with Crippen LogP contribution in [0.2, 0.25) is 0 Å². The summed E-state index contributed by atoms with van der Waals surface area (Å²) in [6, 6.07) is 22.1. The average molecular weight is 587 g/mol. The minimum atomic E-state index is -0.933. The predicted molar refractivity (Wildman–Crippen MR) is 162 cm³/mol. The van der Waals surface area contributed by atoms with Crippen molar-refractivity contribution in [2.24, 2.45) is 0 Å². The van der Waals surface area contributed by atoms with Gasteiger partial charge in [-0.1, -0.05) is 54.6 Å². The molecule has 5 rings (SSSR count). The number of carbonyl (C=O) groups excluding carboxylic acids is 2. The summed E-state index contributed by atoms with van der Waals surface area (Å²) in [4.78, 5) is 40.4. The molecule has 2 aliphatic rings. The summed E-state index contributed by atoms with van der Waals surface area (Å²) in [5.74, 6) is -1.39. The zero-order valence-corrected chi connectivity index (χ0v) is 24.9. The molecular formula is C34H38N2O7. The number of hydrogen-bond acceptors (Lipinski definition) is 7. The van der Waals surface area contributed by atoms with E-state index in [0.717, 1.165) is 11.3 Å². The van der Waals surface area contributed by atoms with Crippen molar-refractivity contribution in [2.75, 3.05) is 44.3 Å². The van der Waals surface area contributed by atoms with E-state index in [0.29, 0.717) is 31.7 Å². The number of esters is 1. The largest absolute Gasteiger partial charge is 0.481 e. The van der Waals surface area contributed by atoms with Crippen molar-refractivity contribution in [3.63, 3.8) is 0 Å². The molecule has 226 valence electrons. The minimum Gasteiger partial charge on any atom is -0.481 e. The third-order valence-corrected chi connectivity index (χ3v) is 7.54. The molecular weight excluding hydrogens is 548 g/mol. The van der Waals surface area contributed by atoms with Crippen LogP contribution in [0.1, 0.15) is 48.9 Å².